The molecule has 1 aromatic rings. The Morgan fingerprint density at radius 3 is 2.40 bits per heavy atom. The molecule has 1 amide bonds. The van der Waals surface area contributed by atoms with E-state index in [1.165, 1.54) is 0 Å². The molecule has 1 saturated carbocycles. The molecule has 0 spiro atoms. The van der Waals surface area contributed by atoms with Crippen LogP contribution in [-0.4, -0.2) is 32.3 Å². The van der Waals surface area contributed by atoms with Gasteiger partial charge in [0.15, 0.2) is 0 Å². The zero-order valence-electron chi connectivity index (χ0n) is 12.2. The lowest BCUT2D eigenvalue weighted by atomic mass is 9.97. The lowest BCUT2D eigenvalue weighted by Crippen LogP contribution is -2.53. The van der Waals surface area contributed by atoms with Crippen LogP contribution in [0.5, 0.6) is 0 Å². The average Bonchev–Trinajstić information content (AvgIpc) is 2.92. The number of aryl methyl sites for hydroxylation is 2. The summed E-state index contributed by atoms with van der Waals surface area (Å²) < 4.78 is 1.74. The predicted octanol–water partition coefficient (Wildman–Crippen LogP) is 1.09. The van der Waals surface area contributed by atoms with Crippen molar-refractivity contribution in [3.63, 3.8) is 0 Å². The van der Waals surface area contributed by atoms with Crippen molar-refractivity contribution in [2.24, 2.45) is 7.05 Å². The third kappa shape index (κ3) is 2.55. The third-order valence-corrected chi connectivity index (χ3v) is 4.24. The van der Waals surface area contributed by atoms with Gasteiger partial charge in [-0.3, -0.25) is 9.48 Å². The van der Waals surface area contributed by atoms with Gasteiger partial charge in [-0.15, -0.1) is 0 Å². The van der Waals surface area contributed by atoms with Gasteiger partial charge in [-0.05, 0) is 26.7 Å². The SMILES string of the molecule is Cc1nn(C)c(C)c1CC(=O)NC1(C(=O)O)CCCC1. The Hall–Kier alpha value is -1.85. The van der Waals surface area contributed by atoms with Crippen LogP contribution in [0.25, 0.3) is 0 Å². The number of hydrogen-bond donors (Lipinski definition) is 2. The second-order valence-electron chi connectivity index (χ2n) is 5.59. The summed E-state index contributed by atoms with van der Waals surface area (Å²) in [6, 6.07) is 0. The molecular weight excluding hydrogens is 258 g/mol. The summed E-state index contributed by atoms with van der Waals surface area (Å²) in [6.07, 6.45) is 2.90. The molecule has 20 heavy (non-hydrogen) atoms. The van der Waals surface area contributed by atoms with Gasteiger partial charge < -0.3 is 10.4 Å². The van der Waals surface area contributed by atoms with Gasteiger partial charge in [-0.1, -0.05) is 12.8 Å². The summed E-state index contributed by atoms with van der Waals surface area (Å²) in [5.74, 6) is -1.17. The monoisotopic (exact) mass is 279 g/mol. The van der Waals surface area contributed by atoms with Crippen molar-refractivity contribution in [2.75, 3.05) is 0 Å². The van der Waals surface area contributed by atoms with E-state index < -0.39 is 11.5 Å². The molecule has 0 aliphatic heterocycles. The molecule has 0 atom stereocenters. The Morgan fingerprint density at radius 1 is 1.35 bits per heavy atom. The minimum atomic E-state index is -1.07. The minimum Gasteiger partial charge on any atom is -0.480 e. The van der Waals surface area contributed by atoms with E-state index in [2.05, 4.69) is 10.4 Å². The van der Waals surface area contributed by atoms with E-state index in [9.17, 15) is 14.7 Å². The fourth-order valence-electron chi connectivity index (χ4n) is 2.92. The molecule has 6 nitrogen and oxygen atoms in total. The van der Waals surface area contributed by atoms with E-state index in [0.717, 1.165) is 29.8 Å². The molecule has 1 heterocycles. The number of carboxylic acid groups (broad SMARTS) is 1. The maximum atomic E-state index is 12.2. The predicted molar refractivity (Wildman–Crippen MR) is 73.4 cm³/mol. The van der Waals surface area contributed by atoms with Gasteiger partial charge in [-0.2, -0.15) is 5.10 Å². The second-order valence-corrected chi connectivity index (χ2v) is 5.59. The van der Waals surface area contributed by atoms with Gasteiger partial charge >= 0.3 is 5.97 Å². The van der Waals surface area contributed by atoms with E-state index >= 15 is 0 Å². The molecule has 0 aromatic carbocycles. The van der Waals surface area contributed by atoms with E-state index in [1.807, 2.05) is 20.9 Å². The first kappa shape index (κ1) is 14.6. The number of aromatic nitrogens is 2. The van der Waals surface area contributed by atoms with E-state index in [1.54, 1.807) is 4.68 Å². The normalized spacial score (nSPS) is 17.1. The lowest BCUT2D eigenvalue weighted by Gasteiger charge is -2.25. The Kier molecular flexibility index (Phi) is 3.83. The lowest BCUT2D eigenvalue weighted by molar-refractivity contribution is -0.147. The maximum absolute atomic E-state index is 12.2. The Balaban J connectivity index is 2.11. The summed E-state index contributed by atoms with van der Waals surface area (Å²) in [4.78, 5) is 23.6. The molecular formula is C14H21N3O3. The maximum Gasteiger partial charge on any atom is 0.329 e. The molecule has 1 aromatic heterocycles. The molecule has 1 aliphatic carbocycles. The van der Waals surface area contributed by atoms with Gasteiger partial charge in [0.1, 0.15) is 5.54 Å². The molecule has 0 unspecified atom stereocenters. The van der Waals surface area contributed by atoms with Crippen molar-refractivity contribution in [2.45, 2.75) is 51.5 Å². The number of carbonyl (C=O) groups is 2. The number of nitrogens with zero attached hydrogens (tertiary/aromatic N) is 2. The van der Waals surface area contributed by atoms with Gasteiger partial charge in [0, 0.05) is 18.3 Å². The number of hydrogen-bond acceptors (Lipinski definition) is 3. The zero-order chi connectivity index (χ0) is 14.9. The molecule has 1 aliphatic rings. The fourth-order valence-corrected chi connectivity index (χ4v) is 2.92. The number of aliphatic carboxylic acids is 1. The van der Waals surface area contributed by atoms with Gasteiger partial charge in [0.2, 0.25) is 5.91 Å². The molecule has 1 fully saturated rings. The average molecular weight is 279 g/mol. The van der Waals surface area contributed by atoms with Crippen molar-refractivity contribution < 1.29 is 14.7 Å². The van der Waals surface area contributed by atoms with E-state index in [-0.39, 0.29) is 12.3 Å². The van der Waals surface area contributed by atoms with E-state index in [4.69, 9.17) is 0 Å². The molecule has 0 radical (unpaired) electrons. The van der Waals surface area contributed by atoms with Gasteiger partial charge in [0.05, 0.1) is 12.1 Å². The fraction of sp³-hybridized carbons (Fsp3) is 0.643. The molecule has 0 saturated heterocycles. The summed E-state index contributed by atoms with van der Waals surface area (Å²) in [6.45, 7) is 3.77. The van der Waals surface area contributed by atoms with Crippen molar-refractivity contribution in [1.29, 1.82) is 0 Å². The van der Waals surface area contributed by atoms with Gasteiger partial charge in [-0.25, -0.2) is 4.79 Å². The first-order valence-electron chi connectivity index (χ1n) is 6.89. The largest absolute Gasteiger partial charge is 0.480 e. The van der Waals surface area contributed by atoms with Crippen LogP contribution < -0.4 is 5.32 Å². The van der Waals surface area contributed by atoms with Crippen molar-refractivity contribution in [3.05, 3.63) is 17.0 Å². The number of rotatable bonds is 4. The summed E-state index contributed by atoms with van der Waals surface area (Å²) in [5.41, 5.74) is 1.56. The van der Waals surface area contributed by atoms with Crippen LogP contribution in [-0.2, 0) is 23.1 Å². The molecule has 2 rings (SSSR count). The number of nitrogens with one attached hydrogen (secondary N) is 1. The van der Waals surface area contributed by atoms with Crippen LogP contribution in [0, 0.1) is 13.8 Å². The zero-order valence-corrected chi connectivity index (χ0v) is 12.2. The topological polar surface area (TPSA) is 84.2 Å². The quantitative estimate of drug-likeness (QED) is 0.864. The summed E-state index contributed by atoms with van der Waals surface area (Å²) in [5, 5.41) is 16.4. The molecule has 110 valence electrons. The summed E-state index contributed by atoms with van der Waals surface area (Å²) >= 11 is 0. The van der Waals surface area contributed by atoms with Crippen molar-refractivity contribution in [3.8, 4) is 0 Å². The highest BCUT2D eigenvalue weighted by Gasteiger charge is 2.42. The number of carboxylic acids is 1. The van der Waals surface area contributed by atoms with Crippen LogP contribution in [0.3, 0.4) is 0 Å². The van der Waals surface area contributed by atoms with Crippen LogP contribution in [0.4, 0.5) is 0 Å². The van der Waals surface area contributed by atoms with Crippen molar-refractivity contribution in [1.82, 2.24) is 15.1 Å². The Bertz CT molecular complexity index is 542. The standard InChI is InChI=1S/C14H21N3O3/c1-9-11(10(2)17(3)16-9)8-12(18)15-14(13(19)20)6-4-5-7-14/h4-8H2,1-3H3,(H,15,18)(H,19,20). The summed E-state index contributed by atoms with van der Waals surface area (Å²) in [7, 11) is 1.83. The first-order valence-corrected chi connectivity index (χ1v) is 6.89. The van der Waals surface area contributed by atoms with E-state index in [0.29, 0.717) is 12.8 Å². The molecule has 6 heteroatoms. The number of amides is 1. The Labute approximate surface area is 118 Å². The van der Waals surface area contributed by atoms with Crippen LogP contribution in [0.1, 0.15) is 42.6 Å². The highest BCUT2D eigenvalue weighted by molar-refractivity contribution is 5.88. The van der Waals surface area contributed by atoms with Crippen LogP contribution in [0.2, 0.25) is 0 Å². The molecule has 2 N–H and O–H groups in total. The Morgan fingerprint density at radius 2 is 1.95 bits per heavy atom. The smallest absolute Gasteiger partial charge is 0.329 e. The number of carbonyl (C=O) groups excluding carboxylic acids is 1. The first-order chi connectivity index (χ1) is 9.35. The van der Waals surface area contributed by atoms with Crippen LogP contribution in [0.15, 0.2) is 0 Å². The molecule has 0 bridgehead atoms. The second kappa shape index (κ2) is 5.26. The highest BCUT2D eigenvalue weighted by atomic mass is 16.4. The van der Waals surface area contributed by atoms with Crippen molar-refractivity contribution >= 4 is 11.9 Å². The van der Waals surface area contributed by atoms with Gasteiger partial charge in [0.25, 0.3) is 0 Å². The van der Waals surface area contributed by atoms with Crippen LogP contribution >= 0.6 is 0 Å². The third-order valence-electron chi connectivity index (χ3n) is 4.24. The minimum absolute atomic E-state index is 0.181. The highest BCUT2D eigenvalue weighted by Crippen LogP contribution is 2.30.